The van der Waals surface area contributed by atoms with E-state index < -0.39 is 0 Å². The minimum atomic E-state index is -0.254. The number of hydrogen-bond donors (Lipinski definition) is 1. The zero-order chi connectivity index (χ0) is 13.7. The van der Waals surface area contributed by atoms with Crippen molar-refractivity contribution in [3.63, 3.8) is 0 Å². The van der Waals surface area contributed by atoms with Gasteiger partial charge >= 0.3 is 0 Å². The minimum absolute atomic E-state index is 0.254. The molecule has 0 aliphatic heterocycles. The lowest BCUT2D eigenvalue weighted by atomic mass is 10.2. The van der Waals surface area contributed by atoms with Crippen LogP contribution in [0.2, 0.25) is 5.02 Å². The number of nitrogens with one attached hydrogen (secondary N) is 1. The van der Waals surface area contributed by atoms with Gasteiger partial charge in [0.15, 0.2) is 5.13 Å². The van der Waals surface area contributed by atoms with Crippen molar-refractivity contribution in [1.82, 2.24) is 4.98 Å². The van der Waals surface area contributed by atoms with Crippen LogP contribution in [0.15, 0.2) is 35.7 Å². The van der Waals surface area contributed by atoms with Crippen LogP contribution in [-0.4, -0.2) is 10.9 Å². The Kier molecular flexibility index (Phi) is 4.96. The van der Waals surface area contributed by atoms with Crippen LogP contribution in [0.4, 0.5) is 5.13 Å². The standard InChI is InChI=1S/C13H10Cl2N2OS/c14-7-10-8-19-13(16-10)17-12(18)6-5-9-3-1-2-4-11(9)15/h1-6,8H,7H2,(H,16,17,18)/b6-5+. The SMILES string of the molecule is O=C(/C=C/c1ccccc1Cl)Nc1nc(CCl)cs1. The second-order valence-corrected chi connectivity index (χ2v) is 5.15. The molecule has 0 spiro atoms. The van der Waals surface area contributed by atoms with Crippen LogP contribution in [0.3, 0.4) is 0 Å². The van der Waals surface area contributed by atoms with E-state index >= 15 is 0 Å². The maximum Gasteiger partial charge on any atom is 0.250 e. The highest BCUT2D eigenvalue weighted by Gasteiger charge is 2.03. The summed E-state index contributed by atoms with van der Waals surface area (Å²) in [6.45, 7) is 0. The maximum atomic E-state index is 11.7. The fraction of sp³-hybridized carbons (Fsp3) is 0.0769. The Morgan fingerprint density at radius 2 is 2.21 bits per heavy atom. The number of thiazole rings is 1. The van der Waals surface area contributed by atoms with Gasteiger partial charge in [0.25, 0.3) is 0 Å². The number of anilines is 1. The molecule has 6 heteroatoms. The van der Waals surface area contributed by atoms with E-state index in [9.17, 15) is 4.79 Å². The first-order chi connectivity index (χ1) is 9.19. The topological polar surface area (TPSA) is 42.0 Å². The predicted octanol–water partition coefficient (Wildman–Crippen LogP) is 4.19. The average Bonchev–Trinajstić information content (AvgIpc) is 2.85. The molecule has 2 aromatic rings. The summed E-state index contributed by atoms with van der Waals surface area (Å²) >= 11 is 13.0. The van der Waals surface area contributed by atoms with Gasteiger partial charge in [-0.1, -0.05) is 29.8 Å². The highest BCUT2D eigenvalue weighted by molar-refractivity contribution is 7.14. The fourth-order valence-corrected chi connectivity index (χ4v) is 2.49. The molecule has 1 N–H and O–H groups in total. The number of carbonyl (C=O) groups excluding carboxylic acids is 1. The molecule has 98 valence electrons. The fourth-order valence-electron chi connectivity index (χ4n) is 1.35. The Morgan fingerprint density at radius 3 is 2.89 bits per heavy atom. The molecule has 1 amide bonds. The Morgan fingerprint density at radius 1 is 1.42 bits per heavy atom. The highest BCUT2D eigenvalue weighted by Crippen LogP contribution is 2.18. The molecule has 0 radical (unpaired) electrons. The summed E-state index contributed by atoms with van der Waals surface area (Å²) in [6, 6.07) is 7.30. The van der Waals surface area contributed by atoms with Gasteiger partial charge in [-0.25, -0.2) is 4.98 Å². The minimum Gasteiger partial charge on any atom is -0.298 e. The number of halogens is 2. The summed E-state index contributed by atoms with van der Waals surface area (Å²) in [6.07, 6.45) is 3.08. The first kappa shape index (κ1) is 14.1. The molecule has 0 unspecified atom stereocenters. The average molecular weight is 313 g/mol. The van der Waals surface area contributed by atoms with Gasteiger partial charge < -0.3 is 0 Å². The van der Waals surface area contributed by atoms with E-state index in [1.165, 1.54) is 17.4 Å². The first-order valence-electron chi connectivity index (χ1n) is 5.43. The zero-order valence-corrected chi connectivity index (χ0v) is 12.1. The number of alkyl halides is 1. The molecule has 0 bridgehead atoms. The lowest BCUT2D eigenvalue weighted by Crippen LogP contribution is -2.07. The Balaban J connectivity index is 1.99. The summed E-state index contributed by atoms with van der Waals surface area (Å²) in [5, 5.41) is 5.61. The van der Waals surface area contributed by atoms with Gasteiger partial charge in [-0.05, 0) is 17.7 Å². The third-order valence-electron chi connectivity index (χ3n) is 2.24. The number of carbonyl (C=O) groups is 1. The molecule has 3 nitrogen and oxygen atoms in total. The van der Waals surface area contributed by atoms with Gasteiger partial charge in [0, 0.05) is 16.5 Å². The third-order valence-corrected chi connectivity index (χ3v) is 3.66. The lowest BCUT2D eigenvalue weighted by molar-refractivity contribution is -0.111. The molecule has 19 heavy (non-hydrogen) atoms. The second kappa shape index (κ2) is 6.70. The van der Waals surface area contributed by atoms with E-state index in [0.29, 0.717) is 16.0 Å². The van der Waals surface area contributed by atoms with Crippen molar-refractivity contribution in [2.75, 3.05) is 5.32 Å². The van der Waals surface area contributed by atoms with Crippen LogP contribution in [0.1, 0.15) is 11.3 Å². The second-order valence-electron chi connectivity index (χ2n) is 3.62. The smallest absolute Gasteiger partial charge is 0.250 e. The molecule has 2 rings (SSSR count). The predicted molar refractivity (Wildman–Crippen MR) is 80.8 cm³/mol. The lowest BCUT2D eigenvalue weighted by Gasteiger charge is -1.97. The van der Waals surface area contributed by atoms with Crippen molar-refractivity contribution in [2.45, 2.75) is 5.88 Å². The molecule has 0 saturated carbocycles. The van der Waals surface area contributed by atoms with Crippen molar-refractivity contribution in [1.29, 1.82) is 0 Å². The van der Waals surface area contributed by atoms with Crippen LogP contribution >= 0.6 is 34.5 Å². The number of hydrogen-bond acceptors (Lipinski definition) is 3. The Labute approximate surface area is 124 Å². The molecule has 1 heterocycles. The van der Waals surface area contributed by atoms with Crippen LogP contribution < -0.4 is 5.32 Å². The van der Waals surface area contributed by atoms with Gasteiger partial charge in [-0.15, -0.1) is 22.9 Å². The van der Waals surface area contributed by atoms with Gasteiger partial charge in [-0.2, -0.15) is 0 Å². The van der Waals surface area contributed by atoms with E-state index in [1.807, 2.05) is 18.2 Å². The van der Waals surface area contributed by atoms with Crippen molar-refractivity contribution in [3.05, 3.63) is 52.0 Å². The molecular formula is C13H10Cl2N2OS. The zero-order valence-electron chi connectivity index (χ0n) is 9.77. The van der Waals surface area contributed by atoms with Crippen molar-refractivity contribution in [2.24, 2.45) is 0 Å². The molecule has 1 aromatic carbocycles. The van der Waals surface area contributed by atoms with Gasteiger partial charge in [-0.3, -0.25) is 10.1 Å². The Bertz CT molecular complexity index is 610. The van der Waals surface area contributed by atoms with Crippen molar-refractivity contribution < 1.29 is 4.79 Å². The molecule has 0 aliphatic carbocycles. The summed E-state index contributed by atoms with van der Waals surface area (Å²) in [5.41, 5.74) is 1.54. The van der Waals surface area contributed by atoms with Gasteiger partial charge in [0.2, 0.25) is 5.91 Å². The van der Waals surface area contributed by atoms with E-state index in [1.54, 1.807) is 17.5 Å². The van der Waals surface area contributed by atoms with Crippen LogP contribution in [-0.2, 0) is 10.7 Å². The Hall–Kier alpha value is -1.36. The molecule has 0 fully saturated rings. The number of amides is 1. The molecular weight excluding hydrogens is 303 g/mol. The molecule has 1 aromatic heterocycles. The van der Waals surface area contributed by atoms with E-state index in [2.05, 4.69) is 10.3 Å². The monoisotopic (exact) mass is 312 g/mol. The van der Waals surface area contributed by atoms with Gasteiger partial charge in [0.05, 0.1) is 11.6 Å². The number of benzene rings is 1. The molecule has 0 atom stereocenters. The third kappa shape index (κ3) is 4.06. The molecule has 0 saturated heterocycles. The summed E-state index contributed by atoms with van der Waals surface area (Å²) < 4.78 is 0. The first-order valence-corrected chi connectivity index (χ1v) is 7.22. The number of rotatable bonds is 4. The van der Waals surface area contributed by atoms with E-state index in [0.717, 1.165) is 11.3 Å². The normalized spacial score (nSPS) is 10.8. The van der Waals surface area contributed by atoms with Crippen LogP contribution in [0.25, 0.3) is 6.08 Å². The quantitative estimate of drug-likeness (QED) is 0.679. The highest BCUT2D eigenvalue weighted by atomic mass is 35.5. The molecule has 0 aliphatic rings. The van der Waals surface area contributed by atoms with E-state index in [-0.39, 0.29) is 5.91 Å². The number of nitrogens with zero attached hydrogens (tertiary/aromatic N) is 1. The van der Waals surface area contributed by atoms with Gasteiger partial charge in [0.1, 0.15) is 0 Å². The maximum absolute atomic E-state index is 11.7. The van der Waals surface area contributed by atoms with Crippen LogP contribution in [0.5, 0.6) is 0 Å². The summed E-state index contributed by atoms with van der Waals surface area (Å²) in [4.78, 5) is 15.8. The number of aromatic nitrogens is 1. The van der Waals surface area contributed by atoms with Crippen LogP contribution in [0, 0.1) is 0 Å². The van der Waals surface area contributed by atoms with E-state index in [4.69, 9.17) is 23.2 Å². The summed E-state index contributed by atoms with van der Waals surface area (Å²) in [5.74, 6) is 0.0809. The largest absolute Gasteiger partial charge is 0.298 e. The summed E-state index contributed by atoms with van der Waals surface area (Å²) in [7, 11) is 0. The van der Waals surface area contributed by atoms with Crippen molar-refractivity contribution >= 4 is 51.7 Å². The van der Waals surface area contributed by atoms with Crippen molar-refractivity contribution in [3.8, 4) is 0 Å².